The Labute approximate surface area is 98.0 Å². The van der Waals surface area contributed by atoms with E-state index in [2.05, 4.69) is 21.4 Å². The summed E-state index contributed by atoms with van der Waals surface area (Å²) in [6, 6.07) is -0.0291. The molecule has 2 aliphatic rings. The SMILES string of the molecule is O=[C]C1CNCCN1CCN1CCCCC1. The third-order valence-electron chi connectivity index (χ3n) is 3.64. The van der Waals surface area contributed by atoms with Gasteiger partial charge in [0, 0.05) is 32.7 Å². The van der Waals surface area contributed by atoms with Crippen LogP contribution in [0.15, 0.2) is 0 Å². The quantitative estimate of drug-likeness (QED) is 0.721. The van der Waals surface area contributed by atoms with Crippen LogP contribution in [0, 0.1) is 0 Å². The summed E-state index contributed by atoms with van der Waals surface area (Å²) in [5.74, 6) is 0. The third-order valence-corrected chi connectivity index (χ3v) is 3.64. The van der Waals surface area contributed by atoms with Crippen molar-refractivity contribution in [2.75, 3.05) is 45.8 Å². The van der Waals surface area contributed by atoms with Crippen molar-refractivity contribution >= 4 is 6.29 Å². The van der Waals surface area contributed by atoms with Crippen LogP contribution in [0.3, 0.4) is 0 Å². The molecule has 1 atom stereocenters. The van der Waals surface area contributed by atoms with E-state index in [-0.39, 0.29) is 6.04 Å². The second-order valence-corrected chi connectivity index (χ2v) is 4.78. The summed E-state index contributed by atoms with van der Waals surface area (Å²) < 4.78 is 0. The highest BCUT2D eigenvalue weighted by Crippen LogP contribution is 2.09. The Hall–Kier alpha value is -0.450. The summed E-state index contributed by atoms with van der Waals surface area (Å²) >= 11 is 0. The van der Waals surface area contributed by atoms with Crippen LogP contribution >= 0.6 is 0 Å². The van der Waals surface area contributed by atoms with E-state index in [1.165, 1.54) is 32.4 Å². The van der Waals surface area contributed by atoms with E-state index < -0.39 is 0 Å². The fraction of sp³-hybridized carbons (Fsp3) is 0.917. The lowest BCUT2D eigenvalue weighted by molar-refractivity contribution is 0.152. The first kappa shape index (κ1) is 12.0. The van der Waals surface area contributed by atoms with Crippen molar-refractivity contribution in [1.29, 1.82) is 0 Å². The van der Waals surface area contributed by atoms with Crippen molar-refractivity contribution < 1.29 is 4.79 Å². The van der Waals surface area contributed by atoms with Gasteiger partial charge in [0.05, 0.1) is 6.04 Å². The Morgan fingerprint density at radius 3 is 2.69 bits per heavy atom. The van der Waals surface area contributed by atoms with Gasteiger partial charge in [-0.2, -0.15) is 0 Å². The smallest absolute Gasteiger partial charge is 0.218 e. The molecule has 4 heteroatoms. The fourth-order valence-electron chi connectivity index (χ4n) is 2.58. The topological polar surface area (TPSA) is 35.6 Å². The zero-order valence-corrected chi connectivity index (χ0v) is 9.95. The van der Waals surface area contributed by atoms with Crippen LogP contribution in [0.5, 0.6) is 0 Å². The van der Waals surface area contributed by atoms with E-state index in [1.807, 2.05) is 0 Å². The number of hydrogen-bond acceptors (Lipinski definition) is 4. The average Bonchev–Trinajstić information content (AvgIpc) is 2.38. The maximum absolute atomic E-state index is 10.8. The van der Waals surface area contributed by atoms with E-state index >= 15 is 0 Å². The molecule has 2 heterocycles. The summed E-state index contributed by atoms with van der Waals surface area (Å²) in [5.41, 5.74) is 0. The lowest BCUT2D eigenvalue weighted by atomic mass is 10.1. The zero-order chi connectivity index (χ0) is 11.2. The molecular weight excluding hydrogens is 202 g/mol. The zero-order valence-electron chi connectivity index (χ0n) is 9.95. The van der Waals surface area contributed by atoms with Gasteiger partial charge in [-0.15, -0.1) is 0 Å². The molecule has 2 saturated heterocycles. The van der Waals surface area contributed by atoms with Crippen LogP contribution in [0.2, 0.25) is 0 Å². The number of piperidine rings is 1. The molecule has 2 rings (SSSR count). The van der Waals surface area contributed by atoms with Gasteiger partial charge in [0.25, 0.3) is 0 Å². The Morgan fingerprint density at radius 1 is 1.12 bits per heavy atom. The largest absolute Gasteiger partial charge is 0.313 e. The first-order valence-corrected chi connectivity index (χ1v) is 6.45. The molecule has 4 nitrogen and oxygen atoms in total. The Balaban J connectivity index is 1.72. The number of likely N-dealkylation sites (tertiary alicyclic amines) is 1. The Kier molecular flexibility index (Phi) is 4.75. The second kappa shape index (κ2) is 6.33. The first-order valence-electron chi connectivity index (χ1n) is 6.45. The van der Waals surface area contributed by atoms with E-state index in [4.69, 9.17) is 0 Å². The minimum Gasteiger partial charge on any atom is -0.313 e. The highest BCUT2D eigenvalue weighted by atomic mass is 16.1. The third kappa shape index (κ3) is 3.27. The van der Waals surface area contributed by atoms with Gasteiger partial charge in [-0.05, 0) is 25.9 Å². The minimum absolute atomic E-state index is 0.0291. The summed E-state index contributed by atoms with van der Waals surface area (Å²) in [4.78, 5) is 15.6. The lowest BCUT2D eigenvalue weighted by Gasteiger charge is -2.35. The van der Waals surface area contributed by atoms with Crippen molar-refractivity contribution in [1.82, 2.24) is 15.1 Å². The van der Waals surface area contributed by atoms with Crippen LogP contribution in [-0.4, -0.2) is 67.9 Å². The molecule has 1 N–H and O–H groups in total. The molecule has 0 amide bonds. The molecule has 1 radical (unpaired) electrons. The highest BCUT2D eigenvalue weighted by molar-refractivity contribution is 5.59. The van der Waals surface area contributed by atoms with Gasteiger partial charge >= 0.3 is 0 Å². The van der Waals surface area contributed by atoms with Crippen molar-refractivity contribution in [3.8, 4) is 0 Å². The molecule has 16 heavy (non-hydrogen) atoms. The maximum atomic E-state index is 10.8. The minimum atomic E-state index is -0.0291. The standard InChI is InChI=1S/C12H22N3O/c16-11-12-10-13-4-7-15(12)9-8-14-5-2-1-3-6-14/h12-13H,1-10H2. The predicted octanol–water partition coefficient (Wildman–Crippen LogP) is -0.144. The van der Waals surface area contributed by atoms with Gasteiger partial charge in [0.15, 0.2) is 0 Å². The second-order valence-electron chi connectivity index (χ2n) is 4.78. The number of nitrogens with zero attached hydrogens (tertiary/aromatic N) is 2. The fourth-order valence-corrected chi connectivity index (χ4v) is 2.58. The summed E-state index contributed by atoms with van der Waals surface area (Å²) in [7, 11) is 0. The van der Waals surface area contributed by atoms with Crippen molar-refractivity contribution in [2.24, 2.45) is 0 Å². The van der Waals surface area contributed by atoms with E-state index in [9.17, 15) is 4.79 Å². The molecule has 0 aromatic carbocycles. The van der Waals surface area contributed by atoms with Crippen LogP contribution < -0.4 is 5.32 Å². The Morgan fingerprint density at radius 2 is 1.94 bits per heavy atom. The average molecular weight is 224 g/mol. The van der Waals surface area contributed by atoms with Crippen LogP contribution in [0.1, 0.15) is 19.3 Å². The summed E-state index contributed by atoms with van der Waals surface area (Å²) in [6.45, 7) is 7.35. The molecule has 2 fully saturated rings. The molecule has 0 aromatic heterocycles. The number of carbonyl (C=O) groups excluding carboxylic acids is 1. The maximum Gasteiger partial charge on any atom is 0.218 e. The van der Waals surface area contributed by atoms with Crippen LogP contribution in [0.4, 0.5) is 0 Å². The number of rotatable bonds is 4. The molecule has 0 bridgehead atoms. The van der Waals surface area contributed by atoms with Gasteiger partial charge in [0.2, 0.25) is 6.29 Å². The number of hydrogen-bond donors (Lipinski definition) is 1. The number of nitrogens with one attached hydrogen (secondary N) is 1. The van der Waals surface area contributed by atoms with Crippen LogP contribution in [0.25, 0.3) is 0 Å². The Bertz CT molecular complexity index is 216. The summed E-state index contributed by atoms with van der Waals surface area (Å²) in [5, 5.41) is 3.24. The van der Waals surface area contributed by atoms with E-state index in [1.54, 1.807) is 0 Å². The molecule has 2 aliphatic heterocycles. The van der Waals surface area contributed by atoms with Crippen molar-refractivity contribution in [3.05, 3.63) is 0 Å². The van der Waals surface area contributed by atoms with Gasteiger partial charge in [0.1, 0.15) is 0 Å². The molecule has 0 aromatic rings. The monoisotopic (exact) mass is 224 g/mol. The van der Waals surface area contributed by atoms with Crippen molar-refractivity contribution in [3.63, 3.8) is 0 Å². The number of piperazine rings is 1. The molecule has 0 spiro atoms. The van der Waals surface area contributed by atoms with E-state index in [0.29, 0.717) is 0 Å². The molecule has 0 aliphatic carbocycles. The molecule has 0 saturated carbocycles. The molecular formula is C12H22N3O. The lowest BCUT2D eigenvalue weighted by Crippen LogP contribution is -2.54. The van der Waals surface area contributed by atoms with Crippen molar-refractivity contribution in [2.45, 2.75) is 25.3 Å². The van der Waals surface area contributed by atoms with Gasteiger partial charge < -0.3 is 10.2 Å². The van der Waals surface area contributed by atoms with Crippen LogP contribution in [-0.2, 0) is 4.79 Å². The molecule has 91 valence electrons. The van der Waals surface area contributed by atoms with E-state index in [0.717, 1.165) is 32.7 Å². The van der Waals surface area contributed by atoms with Gasteiger partial charge in [-0.1, -0.05) is 6.42 Å². The highest BCUT2D eigenvalue weighted by Gasteiger charge is 2.22. The van der Waals surface area contributed by atoms with Gasteiger partial charge in [-0.3, -0.25) is 9.69 Å². The summed E-state index contributed by atoms with van der Waals surface area (Å²) in [6.07, 6.45) is 6.20. The first-order chi connectivity index (χ1) is 7.90. The molecule has 1 unspecified atom stereocenters. The normalized spacial score (nSPS) is 29.1. The van der Waals surface area contributed by atoms with Gasteiger partial charge in [-0.25, -0.2) is 0 Å². The predicted molar refractivity (Wildman–Crippen MR) is 64.2 cm³/mol.